The maximum Gasteiger partial charge on any atom is 0.159 e. The molecule has 5 heteroatoms. The molecule has 0 aromatic rings. The van der Waals surface area contributed by atoms with Gasteiger partial charge in [-0.05, 0) is 6.42 Å². The van der Waals surface area contributed by atoms with Crippen molar-refractivity contribution in [3.05, 3.63) is 0 Å². The first-order valence-corrected chi connectivity index (χ1v) is 7.47. The Balaban J connectivity index is 1.88. The van der Waals surface area contributed by atoms with Gasteiger partial charge in [0.2, 0.25) is 0 Å². The highest BCUT2D eigenvalue weighted by molar-refractivity contribution is 9.09. The zero-order valence-electron chi connectivity index (χ0n) is 8.99. The maximum atomic E-state index is 5.65. The molecule has 2 rings (SSSR count). The molecular formula is C10H17BrN2OS. The summed E-state index contributed by atoms with van der Waals surface area (Å²) in [6, 6.07) is 0. The van der Waals surface area contributed by atoms with Crippen LogP contribution in [0.25, 0.3) is 0 Å². The zero-order valence-corrected chi connectivity index (χ0v) is 11.4. The van der Waals surface area contributed by atoms with E-state index in [0.717, 1.165) is 38.0 Å². The summed E-state index contributed by atoms with van der Waals surface area (Å²) in [7, 11) is 0. The van der Waals surface area contributed by atoms with Crippen LogP contribution in [0.15, 0.2) is 4.99 Å². The molecule has 2 aliphatic heterocycles. The Morgan fingerprint density at radius 1 is 1.67 bits per heavy atom. The number of ether oxygens (including phenoxy) is 1. The van der Waals surface area contributed by atoms with Crippen molar-refractivity contribution in [2.45, 2.75) is 24.7 Å². The number of hydrogen-bond acceptors (Lipinski definition) is 4. The quantitative estimate of drug-likeness (QED) is 0.728. The van der Waals surface area contributed by atoms with Crippen molar-refractivity contribution in [3.8, 4) is 0 Å². The molecule has 0 bridgehead atoms. The summed E-state index contributed by atoms with van der Waals surface area (Å²) < 4.78 is 5.65. The monoisotopic (exact) mass is 292 g/mol. The number of nitrogens with zero attached hydrogens (tertiary/aromatic N) is 2. The number of alkyl halides is 1. The average Bonchev–Trinajstić information content (AvgIpc) is 2.78. The molecule has 0 saturated carbocycles. The van der Waals surface area contributed by atoms with Crippen LogP contribution in [0.5, 0.6) is 0 Å². The molecule has 0 aromatic carbocycles. The number of rotatable bonds is 2. The van der Waals surface area contributed by atoms with Gasteiger partial charge in [0.25, 0.3) is 0 Å². The van der Waals surface area contributed by atoms with Crippen molar-refractivity contribution in [3.63, 3.8) is 0 Å². The van der Waals surface area contributed by atoms with Crippen LogP contribution in [-0.4, -0.2) is 53.0 Å². The molecular weight excluding hydrogens is 276 g/mol. The molecule has 15 heavy (non-hydrogen) atoms. The van der Waals surface area contributed by atoms with E-state index in [1.807, 2.05) is 11.8 Å². The fraction of sp³-hybridized carbons (Fsp3) is 0.900. The van der Waals surface area contributed by atoms with Crippen LogP contribution < -0.4 is 0 Å². The number of aliphatic imine (C=N–C) groups is 1. The second-order valence-electron chi connectivity index (χ2n) is 3.86. The third-order valence-corrected chi connectivity index (χ3v) is 5.20. The highest BCUT2D eigenvalue weighted by atomic mass is 79.9. The molecule has 2 heterocycles. The van der Waals surface area contributed by atoms with Crippen molar-refractivity contribution in [1.29, 1.82) is 0 Å². The molecule has 0 radical (unpaired) electrons. The molecule has 1 saturated heterocycles. The Morgan fingerprint density at radius 3 is 3.20 bits per heavy atom. The van der Waals surface area contributed by atoms with Gasteiger partial charge < -0.3 is 9.64 Å². The van der Waals surface area contributed by atoms with Crippen LogP contribution in [0.4, 0.5) is 0 Å². The first-order valence-electron chi connectivity index (χ1n) is 5.47. The normalized spacial score (nSPS) is 31.9. The minimum atomic E-state index is 0.394. The van der Waals surface area contributed by atoms with E-state index in [-0.39, 0.29) is 0 Å². The molecule has 0 aliphatic carbocycles. The molecule has 0 spiro atoms. The topological polar surface area (TPSA) is 24.8 Å². The molecule has 2 aliphatic rings. The lowest BCUT2D eigenvalue weighted by atomic mass is 10.2. The lowest BCUT2D eigenvalue weighted by Gasteiger charge is -2.33. The SMILES string of the molecule is CCC1CN(C2=NCC(CBr)S2)CCO1. The number of halogens is 1. The van der Waals surface area contributed by atoms with Crippen LogP contribution >= 0.6 is 27.7 Å². The number of hydrogen-bond donors (Lipinski definition) is 0. The number of thioether (sulfide) groups is 1. The molecule has 0 aromatic heterocycles. The molecule has 0 amide bonds. The smallest absolute Gasteiger partial charge is 0.159 e. The van der Waals surface area contributed by atoms with Gasteiger partial charge in [-0.1, -0.05) is 34.6 Å². The van der Waals surface area contributed by atoms with E-state index in [2.05, 4.69) is 32.7 Å². The van der Waals surface area contributed by atoms with Crippen LogP contribution in [0, 0.1) is 0 Å². The molecule has 0 N–H and O–H groups in total. The highest BCUT2D eigenvalue weighted by Gasteiger charge is 2.27. The van der Waals surface area contributed by atoms with E-state index in [1.165, 1.54) is 5.17 Å². The van der Waals surface area contributed by atoms with E-state index < -0.39 is 0 Å². The summed E-state index contributed by atoms with van der Waals surface area (Å²) in [6.07, 6.45) is 1.49. The van der Waals surface area contributed by atoms with Crippen molar-refractivity contribution >= 4 is 32.9 Å². The molecule has 86 valence electrons. The van der Waals surface area contributed by atoms with Crippen molar-refractivity contribution in [2.75, 3.05) is 31.6 Å². The van der Waals surface area contributed by atoms with Gasteiger partial charge in [0.05, 0.1) is 19.3 Å². The van der Waals surface area contributed by atoms with Crippen molar-refractivity contribution in [1.82, 2.24) is 4.90 Å². The van der Waals surface area contributed by atoms with Crippen molar-refractivity contribution in [2.24, 2.45) is 4.99 Å². The van der Waals surface area contributed by atoms with Crippen LogP contribution in [0.3, 0.4) is 0 Å². The summed E-state index contributed by atoms with van der Waals surface area (Å²) in [4.78, 5) is 6.98. The van der Waals surface area contributed by atoms with Gasteiger partial charge in [-0.15, -0.1) is 0 Å². The van der Waals surface area contributed by atoms with Crippen LogP contribution in [0.1, 0.15) is 13.3 Å². The second-order valence-corrected chi connectivity index (χ2v) is 5.78. The molecule has 2 atom stereocenters. The molecule has 1 fully saturated rings. The van der Waals surface area contributed by atoms with Crippen LogP contribution in [-0.2, 0) is 4.74 Å². The van der Waals surface area contributed by atoms with E-state index >= 15 is 0 Å². The van der Waals surface area contributed by atoms with Crippen LogP contribution in [0.2, 0.25) is 0 Å². The summed E-state index contributed by atoms with van der Waals surface area (Å²) in [5.74, 6) is 0. The summed E-state index contributed by atoms with van der Waals surface area (Å²) in [5, 5.41) is 2.88. The molecule has 2 unspecified atom stereocenters. The summed E-state index contributed by atoms with van der Waals surface area (Å²) in [5.41, 5.74) is 0. The Kier molecular flexibility index (Phi) is 4.34. The fourth-order valence-corrected chi connectivity index (χ4v) is 3.37. The molecule has 3 nitrogen and oxygen atoms in total. The Morgan fingerprint density at radius 2 is 2.53 bits per heavy atom. The van der Waals surface area contributed by atoms with Gasteiger partial charge in [-0.2, -0.15) is 0 Å². The van der Waals surface area contributed by atoms with E-state index in [4.69, 9.17) is 4.74 Å². The van der Waals surface area contributed by atoms with E-state index in [9.17, 15) is 0 Å². The maximum absolute atomic E-state index is 5.65. The Bertz CT molecular complexity index is 250. The largest absolute Gasteiger partial charge is 0.375 e. The van der Waals surface area contributed by atoms with Gasteiger partial charge in [0.1, 0.15) is 0 Å². The predicted octanol–water partition coefficient (Wildman–Crippen LogP) is 1.96. The third kappa shape index (κ3) is 2.88. The van der Waals surface area contributed by atoms with E-state index in [0.29, 0.717) is 11.4 Å². The first kappa shape index (κ1) is 11.7. The number of morpholine rings is 1. The summed E-state index contributed by atoms with van der Waals surface area (Å²) in [6.45, 7) is 5.99. The van der Waals surface area contributed by atoms with Gasteiger partial charge in [-0.3, -0.25) is 4.99 Å². The third-order valence-electron chi connectivity index (χ3n) is 2.74. The lowest BCUT2D eigenvalue weighted by Crippen LogP contribution is -2.44. The Hall–Kier alpha value is 0.260. The predicted molar refractivity (Wildman–Crippen MR) is 69.1 cm³/mol. The van der Waals surface area contributed by atoms with Gasteiger partial charge >= 0.3 is 0 Å². The second kappa shape index (κ2) is 5.55. The standard InChI is InChI=1S/C10H17BrN2OS/c1-2-8-7-13(3-4-14-8)10-12-6-9(5-11)15-10/h8-9H,2-7H2,1H3. The minimum absolute atomic E-state index is 0.394. The first-order chi connectivity index (χ1) is 7.33. The van der Waals surface area contributed by atoms with E-state index in [1.54, 1.807) is 0 Å². The van der Waals surface area contributed by atoms with Crippen molar-refractivity contribution < 1.29 is 4.74 Å². The fourth-order valence-electron chi connectivity index (χ4n) is 1.80. The number of amidine groups is 1. The van der Waals surface area contributed by atoms with Gasteiger partial charge in [-0.25, -0.2) is 0 Å². The Labute approximate surface area is 104 Å². The average molecular weight is 293 g/mol. The van der Waals surface area contributed by atoms with Gasteiger partial charge in [0, 0.05) is 23.7 Å². The summed E-state index contributed by atoms with van der Waals surface area (Å²) >= 11 is 5.42. The zero-order chi connectivity index (χ0) is 10.7. The minimum Gasteiger partial charge on any atom is -0.375 e. The highest BCUT2D eigenvalue weighted by Crippen LogP contribution is 2.26. The lowest BCUT2D eigenvalue weighted by molar-refractivity contribution is -0.00602. The van der Waals surface area contributed by atoms with Gasteiger partial charge in [0.15, 0.2) is 5.17 Å².